The van der Waals surface area contributed by atoms with E-state index in [-0.39, 0.29) is 23.8 Å². The molecule has 0 aliphatic carbocycles. The van der Waals surface area contributed by atoms with Gasteiger partial charge in [-0.15, -0.1) is 11.3 Å². The van der Waals surface area contributed by atoms with Gasteiger partial charge >= 0.3 is 5.97 Å². The fraction of sp³-hybridized carbons (Fsp3) is 0.346. The Morgan fingerprint density at radius 2 is 1.91 bits per heavy atom. The third-order valence-corrected chi connectivity index (χ3v) is 6.90. The zero-order valence-corrected chi connectivity index (χ0v) is 21.2. The van der Waals surface area contributed by atoms with Gasteiger partial charge in [0.25, 0.3) is 5.56 Å². The number of halogens is 1. The lowest BCUT2D eigenvalue weighted by atomic mass is 10.00. The fourth-order valence-corrected chi connectivity index (χ4v) is 5.41. The number of amides is 1. The second-order valence-electron chi connectivity index (χ2n) is 8.93. The fourth-order valence-electron chi connectivity index (χ4n) is 3.94. The summed E-state index contributed by atoms with van der Waals surface area (Å²) >= 11 is 7.86. The van der Waals surface area contributed by atoms with E-state index >= 15 is 0 Å². The van der Waals surface area contributed by atoms with Gasteiger partial charge in [0.15, 0.2) is 0 Å². The first kappa shape index (κ1) is 25.7. The zero-order chi connectivity index (χ0) is 25.0. The molecule has 0 fully saturated rings. The van der Waals surface area contributed by atoms with Crippen LogP contribution in [0.4, 0.5) is 0 Å². The smallest absolute Gasteiger partial charge is 0.305 e. The van der Waals surface area contributed by atoms with Crippen molar-refractivity contribution in [2.45, 2.75) is 52.6 Å². The quantitative estimate of drug-likeness (QED) is 0.390. The van der Waals surface area contributed by atoms with E-state index in [9.17, 15) is 19.5 Å². The number of aryl methyl sites for hydroxylation is 2. The van der Waals surface area contributed by atoms with Crippen LogP contribution >= 0.6 is 22.9 Å². The maximum atomic E-state index is 13.4. The van der Waals surface area contributed by atoms with Gasteiger partial charge in [-0.05, 0) is 66.5 Å². The summed E-state index contributed by atoms with van der Waals surface area (Å²) in [6.45, 7) is 7.74. The van der Waals surface area contributed by atoms with Crippen LogP contribution in [-0.4, -0.2) is 21.6 Å². The number of carbonyl (C=O) groups is 2. The molecule has 0 spiro atoms. The van der Waals surface area contributed by atoms with Gasteiger partial charge in [0.2, 0.25) is 5.91 Å². The van der Waals surface area contributed by atoms with Gasteiger partial charge in [-0.3, -0.25) is 14.4 Å². The highest BCUT2D eigenvalue weighted by Crippen LogP contribution is 2.37. The van der Waals surface area contributed by atoms with Crippen LogP contribution in [0.2, 0.25) is 5.02 Å². The topological polar surface area (TPSA) is 88.4 Å². The van der Waals surface area contributed by atoms with Crippen LogP contribution in [0.25, 0.3) is 10.4 Å². The first-order chi connectivity index (χ1) is 16.1. The van der Waals surface area contributed by atoms with Gasteiger partial charge in [0.05, 0.1) is 12.5 Å². The van der Waals surface area contributed by atoms with Crippen LogP contribution in [0.15, 0.2) is 52.8 Å². The molecule has 6 nitrogen and oxygen atoms in total. The molecule has 2 atom stereocenters. The molecule has 8 heteroatoms. The minimum atomic E-state index is -1.03. The molecule has 0 unspecified atom stereocenters. The Bertz CT molecular complexity index is 1230. The van der Waals surface area contributed by atoms with Gasteiger partial charge in [-0.2, -0.15) is 0 Å². The van der Waals surface area contributed by atoms with Crippen LogP contribution in [0.5, 0.6) is 0 Å². The number of carboxylic acid groups (broad SMARTS) is 1. The van der Waals surface area contributed by atoms with Crippen molar-refractivity contribution in [3.8, 4) is 10.4 Å². The summed E-state index contributed by atoms with van der Waals surface area (Å²) in [5.41, 5.74) is 3.15. The third kappa shape index (κ3) is 6.15. The molecular formula is C26H29ClN2O4S. The van der Waals surface area contributed by atoms with Gasteiger partial charge in [0, 0.05) is 27.7 Å². The SMILES string of the molecule is Cc1ccn([C@H](CC(C)C)C(=O)N[C@@H](CC(=O)O)c2csc(-c3c(C)cccc3Cl)c2)c(=O)c1. The molecule has 0 bridgehead atoms. The Morgan fingerprint density at radius 3 is 2.53 bits per heavy atom. The number of rotatable bonds is 9. The summed E-state index contributed by atoms with van der Waals surface area (Å²) < 4.78 is 1.42. The van der Waals surface area contributed by atoms with Crippen LogP contribution in [0.3, 0.4) is 0 Å². The maximum absolute atomic E-state index is 13.4. The van der Waals surface area contributed by atoms with E-state index in [4.69, 9.17) is 11.6 Å². The Hall–Kier alpha value is -2.90. The highest BCUT2D eigenvalue weighted by atomic mass is 35.5. The van der Waals surface area contributed by atoms with Crippen molar-refractivity contribution in [2.24, 2.45) is 5.92 Å². The van der Waals surface area contributed by atoms with Crippen molar-refractivity contribution in [3.05, 3.63) is 80.0 Å². The predicted octanol–water partition coefficient (Wildman–Crippen LogP) is 5.77. The molecule has 34 heavy (non-hydrogen) atoms. The molecule has 2 heterocycles. The number of hydrogen-bond donors (Lipinski definition) is 2. The van der Waals surface area contributed by atoms with E-state index in [0.717, 1.165) is 21.6 Å². The molecule has 180 valence electrons. The van der Waals surface area contributed by atoms with Crippen molar-refractivity contribution in [1.29, 1.82) is 0 Å². The Kier molecular flexibility index (Phi) is 8.33. The lowest BCUT2D eigenvalue weighted by Crippen LogP contribution is -2.40. The van der Waals surface area contributed by atoms with Crippen LogP contribution in [-0.2, 0) is 9.59 Å². The average molecular weight is 501 g/mol. The molecule has 3 rings (SSSR count). The summed E-state index contributed by atoms with van der Waals surface area (Å²) in [7, 11) is 0. The molecule has 0 saturated heterocycles. The highest BCUT2D eigenvalue weighted by molar-refractivity contribution is 7.13. The second kappa shape index (κ2) is 11.0. The first-order valence-corrected chi connectivity index (χ1v) is 12.4. The van der Waals surface area contributed by atoms with E-state index in [1.54, 1.807) is 12.3 Å². The Labute approximate surface area is 208 Å². The standard InChI is InChI=1S/C26H29ClN2O4S/c1-15(2)10-21(29-9-8-16(3)11-23(29)30)26(33)28-20(13-24(31)32)18-12-22(34-14-18)25-17(4)6-5-7-19(25)27/h5-9,11-12,14-15,20-21H,10,13H2,1-4H3,(H,28,33)(H,31,32)/t20-,21+/m0/s1. The number of pyridine rings is 1. The van der Waals surface area contributed by atoms with E-state index in [2.05, 4.69) is 5.32 Å². The minimum Gasteiger partial charge on any atom is -0.481 e. The molecule has 0 aliphatic rings. The van der Waals surface area contributed by atoms with Gasteiger partial charge in [-0.1, -0.05) is 37.6 Å². The summed E-state index contributed by atoms with van der Waals surface area (Å²) in [6, 6.07) is 9.33. The lowest BCUT2D eigenvalue weighted by molar-refractivity contribution is -0.138. The van der Waals surface area contributed by atoms with Crippen molar-refractivity contribution in [1.82, 2.24) is 9.88 Å². The highest BCUT2D eigenvalue weighted by Gasteiger charge is 2.27. The number of hydrogen-bond acceptors (Lipinski definition) is 4. The molecule has 2 aromatic heterocycles. The van der Waals surface area contributed by atoms with Crippen LogP contribution in [0.1, 0.15) is 55.5 Å². The Morgan fingerprint density at radius 1 is 1.18 bits per heavy atom. The lowest BCUT2D eigenvalue weighted by Gasteiger charge is -2.24. The molecule has 0 aliphatic heterocycles. The van der Waals surface area contributed by atoms with Gasteiger partial charge in [-0.25, -0.2) is 0 Å². The molecule has 1 amide bonds. The number of aliphatic carboxylic acids is 1. The zero-order valence-electron chi connectivity index (χ0n) is 19.7. The summed E-state index contributed by atoms with van der Waals surface area (Å²) in [5.74, 6) is -1.26. The van der Waals surface area contributed by atoms with Crippen molar-refractivity contribution in [3.63, 3.8) is 0 Å². The van der Waals surface area contributed by atoms with Crippen molar-refractivity contribution in [2.75, 3.05) is 0 Å². The molecule has 0 radical (unpaired) electrons. The summed E-state index contributed by atoms with van der Waals surface area (Å²) in [4.78, 5) is 38.5. The minimum absolute atomic E-state index is 0.151. The normalized spacial score (nSPS) is 13.0. The third-order valence-electron chi connectivity index (χ3n) is 5.62. The van der Waals surface area contributed by atoms with Crippen LogP contribution < -0.4 is 10.9 Å². The largest absolute Gasteiger partial charge is 0.481 e. The van der Waals surface area contributed by atoms with E-state index in [0.29, 0.717) is 17.0 Å². The molecule has 1 aromatic carbocycles. The number of carbonyl (C=O) groups excluding carboxylic acids is 1. The van der Waals surface area contributed by atoms with Crippen molar-refractivity contribution < 1.29 is 14.7 Å². The Balaban J connectivity index is 1.94. The second-order valence-corrected chi connectivity index (χ2v) is 10.2. The monoisotopic (exact) mass is 500 g/mol. The number of thiophene rings is 1. The number of aromatic nitrogens is 1. The van der Waals surface area contributed by atoms with E-state index in [1.165, 1.54) is 22.0 Å². The molecular weight excluding hydrogens is 472 g/mol. The van der Waals surface area contributed by atoms with Gasteiger partial charge in [0.1, 0.15) is 6.04 Å². The number of nitrogens with zero attached hydrogens (tertiary/aromatic N) is 1. The maximum Gasteiger partial charge on any atom is 0.305 e. The molecule has 2 N–H and O–H groups in total. The number of benzene rings is 1. The number of nitrogens with one attached hydrogen (secondary N) is 1. The molecule has 3 aromatic rings. The van der Waals surface area contributed by atoms with E-state index < -0.39 is 18.1 Å². The number of carboxylic acids is 1. The molecule has 0 saturated carbocycles. The summed E-state index contributed by atoms with van der Waals surface area (Å²) in [5, 5.41) is 14.9. The van der Waals surface area contributed by atoms with Crippen molar-refractivity contribution >= 4 is 34.8 Å². The predicted molar refractivity (Wildman–Crippen MR) is 137 cm³/mol. The van der Waals surface area contributed by atoms with Crippen LogP contribution in [0, 0.1) is 19.8 Å². The first-order valence-electron chi connectivity index (χ1n) is 11.1. The van der Waals surface area contributed by atoms with E-state index in [1.807, 2.05) is 57.3 Å². The average Bonchev–Trinajstić information content (AvgIpc) is 3.21. The van der Waals surface area contributed by atoms with Gasteiger partial charge < -0.3 is 15.0 Å². The summed E-state index contributed by atoms with van der Waals surface area (Å²) in [6.07, 6.45) is 1.79.